The number of esters is 1. The highest BCUT2D eigenvalue weighted by molar-refractivity contribution is 7.15. The molecule has 18 heavy (non-hydrogen) atoms. The lowest BCUT2D eigenvalue weighted by atomic mass is 10.3. The number of amides is 1. The molecule has 0 fully saturated rings. The summed E-state index contributed by atoms with van der Waals surface area (Å²) in [5.41, 5.74) is 0. The molecular formula is C10H12N2O5S. The summed E-state index contributed by atoms with van der Waals surface area (Å²) in [7, 11) is 0. The molecule has 1 rings (SSSR count). The lowest BCUT2D eigenvalue weighted by Crippen LogP contribution is -2.16. The van der Waals surface area contributed by atoms with E-state index in [0.717, 1.165) is 4.88 Å². The number of rotatable bonds is 6. The molecule has 1 aromatic heterocycles. The maximum absolute atomic E-state index is 11.4. The van der Waals surface area contributed by atoms with Crippen molar-refractivity contribution >= 4 is 34.3 Å². The van der Waals surface area contributed by atoms with Crippen molar-refractivity contribution in [2.45, 2.75) is 19.8 Å². The third-order valence-corrected chi connectivity index (χ3v) is 2.61. The van der Waals surface area contributed by atoms with Crippen molar-refractivity contribution in [2.75, 3.05) is 11.9 Å². The molecule has 8 heteroatoms. The van der Waals surface area contributed by atoms with Gasteiger partial charge in [-0.15, -0.1) is 11.3 Å². The number of hydrogen-bond acceptors (Lipinski definition) is 6. The first-order valence-corrected chi connectivity index (χ1v) is 5.88. The van der Waals surface area contributed by atoms with Crippen molar-refractivity contribution in [3.63, 3.8) is 0 Å². The van der Waals surface area contributed by atoms with Gasteiger partial charge in [-0.3, -0.25) is 9.59 Å². The molecule has 1 heterocycles. The quantitative estimate of drug-likeness (QED) is 0.742. The van der Waals surface area contributed by atoms with Crippen LogP contribution in [-0.4, -0.2) is 34.5 Å². The molecule has 0 unspecified atom stereocenters. The van der Waals surface area contributed by atoms with Crippen LogP contribution in [0, 0.1) is 6.92 Å². The van der Waals surface area contributed by atoms with Crippen molar-refractivity contribution in [1.82, 2.24) is 4.98 Å². The van der Waals surface area contributed by atoms with Gasteiger partial charge in [0.25, 0.3) is 0 Å². The van der Waals surface area contributed by atoms with E-state index in [0.29, 0.717) is 5.13 Å². The van der Waals surface area contributed by atoms with Gasteiger partial charge in [0.1, 0.15) is 0 Å². The Kier molecular flexibility index (Phi) is 5.25. The number of carboxylic acid groups (broad SMARTS) is 1. The lowest BCUT2D eigenvalue weighted by molar-refractivity contribution is -0.155. The van der Waals surface area contributed by atoms with Crippen molar-refractivity contribution in [1.29, 1.82) is 0 Å². The first-order chi connectivity index (χ1) is 8.47. The average Bonchev–Trinajstić information content (AvgIpc) is 2.69. The van der Waals surface area contributed by atoms with E-state index in [4.69, 9.17) is 5.11 Å². The minimum Gasteiger partial charge on any atom is -0.479 e. The Hall–Kier alpha value is -1.96. The zero-order valence-electron chi connectivity index (χ0n) is 9.63. The van der Waals surface area contributed by atoms with Gasteiger partial charge in [0, 0.05) is 17.5 Å². The summed E-state index contributed by atoms with van der Waals surface area (Å²) in [5, 5.41) is 11.3. The zero-order valence-corrected chi connectivity index (χ0v) is 10.5. The maximum atomic E-state index is 11.4. The van der Waals surface area contributed by atoms with Crippen LogP contribution in [-0.2, 0) is 19.1 Å². The molecule has 0 aromatic carbocycles. The van der Waals surface area contributed by atoms with Crippen molar-refractivity contribution in [2.24, 2.45) is 0 Å². The molecule has 0 spiro atoms. The van der Waals surface area contributed by atoms with Gasteiger partial charge in [0.15, 0.2) is 11.7 Å². The number of nitrogens with one attached hydrogen (secondary N) is 1. The van der Waals surface area contributed by atoms with Gasteiger partial charge in [0.05, 0.1) is 6.42 Å². The predicted molar refractivity (Wildman–Crippen MR) is 63.3 cm³/mol. The van der Waals surface area contributed by atoms with E-state index in [2.05, 4.69) is 15.0 Å². The van der Waals surface area contributed by atoms with Crippen LogP contribution >= 0.6 is 11.3 Å². The van der Waals surface area contributed by atoms with E-state index in [1.165, 1.54) is 11.3 Å². The second-order valence-electron chi connectivity index (χ2n) is 3.38. The Morgan fingerprint density at radius 2 is 2.17 bits per heavy atom. The molecule has 0 bridgehead atoms. The van der Waals surface area contributed by atoms with E-state index in [-0.39, 0.29) is 18.7 Å². The largest absolute Gasteiger partial charge is 0.479 e. The van der Waals surface area contributed by atoms with E-state index in [9.17, 15) is 14.4 Å². The van der Waals surface area contributed by atoms with Gasteiger partial charge >= 0.3 is 11.9 Å². The van der Waals surface area contributed by atoms with E-state index in [1.807, 2.05) is 6.92 Å². The third kappa shape index (κ3) is 5.39. The average molecular weight is 272 g/mol. The predicted octanol–water partition coefficient (Wildman–Crippen LogP) is 0.798. The van der Waals surface area contributed by atoms with Crippen LogP contribution in [0.4, 0.5) is 5.13 Å². The number of aliphatic carboxylic acids is 1. The van der Waals surface area contributed by atoms with E-state index >= 15 is 0 Å². The molecule has 0 aliphatic carbocycles. The number of aryl methyl sites for hydroxylation is 1. The van der Waals surface area contributed by atoms with Gasteiger partial charge in [-0.05, 0) is 6.92 Å². The molecule has 0 saturated carbocycles. The number of anilines is 1. The minimum atomic E-state index is -1.23. The highest BCUT2D eigenvalue weighted by atomic mass is 32.1. The fraction of sp³-hybridized carbons (Fsp3) is 0.400. The molecule has 1 aromatic rings. The first kappa shape index (κ1) is 14.1. The van der Waals surface area contributed by atoms with Gasteiger partial charge < -0.3 is 15.2 Å². The molecular weight excluding hydrogens is 260 g/mol. The zero-order chi connectivity index (χ0) is 13.5. The van der Waals surface area contributed by atoms with Crippen LogP contribution in [0.25, 0.3) is 0 Å². The van der Waals surface area contributed by atoms with Crippen LogP contribution < -0.4 is 5.32 Å². The normalized spacial score (nSPS) is 9.83. The van der Waals surface area contributed by atoms with Crippen molar-refractivity contribution in [3.8, 4) is 0 Å². The van der Waals surface area contributed by atoms with E-state index in [1.54, 1.807) is 6.20 Å². The minimum absolute atomic E-state index is 0.0723. The van der Waals surface area contributed by atoms with Crippen LogP contribution in [0.5, 0.6) is 0 Å². The standard InChI is InChI=1S/C10H12N2O5S/c1-6-4-11-10(18-6)12-7(13)2-3-9(16)17-5-8(14)15/h4H,2-3,5H2,1H3,(H,14,15)(H,11,12,13). The Bertz CT molecular complexity index is 457. The highest BCUT2D eigenvalue weighted by Crippen LogP contribution is 2.16. The number of aromatic nitrogens is 1. The molecule has 7 nitrogen and oxygen atoms in total. The number of thiazole rings is 1. The van der Waals surface area contributed by atoms with Gasteiger partial charge in [-0.1, -0.05) is 0 Å². The molecule has 0 atom stereocenters. The van der Waals surface area contributed by atoms with Gasteiger partial charge in [-0.25, -0.2) is 9.78 Å². The molecule has 0 saturated heterocycles. The SMILES string of the molecule is Cc1cnc(NC(=O)CCC(=O)OCC(=O)O)s1. The summed E-state index contributed by atoms with van der Waals surface area (Å²) >= 11 is 1.33. The van der Waals surface area contributed by atoms with Crippen LogP contribution in [0.15, 0.2) is 6.20 Å². The van der Waals surface area contributed by atoms with Crippen LogP contribution in [0.1, 0.15) is 17.7 Å². The summed E-state index contributed by atoms with van der Waals surface area (Å²) in [4.78, 5) is 37.4. The topological polar surface area (TPSA) is 106 Å². The van der Waals surface area contributed by atoms with Crippen LogP contribution in [0.2, 0.25) is 0 Å². The van der Waals surface area contributed by atoms with Gasteiger partial charge in [-0.2, -0.15) is 0 Å². The van der Waals surface area contributed by atoms with Gasteiger partial charge in [0.2, 0.25) is 5.91 Å². The smallest absolute Gasteiger partial charge is 0.341 e. The summed E-state index contributed by atoms with van der Waals surface area (Å²) in [6, 6.07) is 0. The van der Waals surface area contributed by atoms with Crippen molar-refractivity contribution in [3.05, 3.63) is 11.1 Å². The van der Waals surface area contributed by atoms with Crippen LogP contribution in [0.3, 0.4) is 0 Å². The number of carbonyl (C=O) groups excluding carboxylic acids is 2. The Labute approximate surface area is 107 Å². The number of ether oxygens (including phenoxy) is 1. The molecule has 1 amide bonds. The second kappa shape index (κ2) is 6.70. The number of carbonyl (C=O) groups is 3. The monoisotopic (exact) mass is 272 g/mol. The Morgan fingerprint density at radius 3 is 2.72 bits per heavy atom. The van der Waals surface area contributed by atoms with E-state index < -0.39 is 18.5 Å². The number of nitrogens with zero attached hydrogens (tertiary/aromatic N) is 1. The first-order valence-electron chi connectivity index (χ1n) is 5.07. The third-order valence-electron chi connectivity index (χ3n) is 1.78. The maximum Gasteiger partial charge on any atom is 0.341 e. The summed E-state index contributed by atoms with van der Waals surface area (Å²) in [6.07, 6.45) is 1.39. The fourth-order valence-corrected chi connectivity index (χ4v) is 1.70. The fourth-order valence-electron chi connectivity index (χ4n) is 1.02. The number of hydrogen-bond donors (Lipinski definition) is 2. The molecule has 0 radical (unpaired) electrons. The molecule has 0 aliphatic heterocycles. The summed E-state index contributed by atoms with van der Waals surface area (Å²) in [6.45, 7) is 1.17. The lowest BCUT2D eigenvalue weighted by Gasteiger charge is -2.02. The van der Waals surface area contributed by atoms with Crippen molar-refractivity contribution < 1.29 is 24.2 Å². The highest BCUT2D eigenvalue weighted by Gasteiger charge is 2.10. The number of carboxylic acids is 1. The molecule has 98 valence electrons. The molecule has 2 N–H and O–H groups in total. The summed E-state index contributed by atoms with van der Waals surface area (Å²) < 4.78 is 4.38. The summed E-state index contributed by atoms with van der Waals surface area (Å²) in [5.74, 6) is -2.31. The Balaban J connectivity index is 2.24. The molecule has 0 aliphatic rings. The Morgan fingerprint density at radius 1 is 1.44 bits per heavy atom. The second-order valence-corrected chi connectivity index (χ2v) is 4.61.